The number of nitrogens with one attached hydrogen (secondary N) is 1. The van der Waals surface area contributed by atoms with Crippen LogP contribution in [0.3, 0.4) is 0 Å². The molecule has 4 nitrogen and oxygen atoms in total. The standard InChI is InChI=1S/C20H20Cl3N3O/c1-3-8-24-20(27)12(2)26-18-11-16(23)15(22)10-17(18)25-19(26)9-13-6-4-5-7-14(13)21/h4-7,10-12H,3,8-9H2,1-2H3,(H,24,27)/t12-/m0/s1. The zero-order valence-electron chi connectivity index (χ0n) is 15.1. The second-order valence-corrected chi connectivity index (χ2v) is 7.61. The average Bonchev–Trinajstić information content (AvgIpc) is 2.98. The van der Waals surface area contributed by atoms with Gasteiger partial charge in [-0.2, -0.15) is 0 Å². The summed E-state index contributed by atoms with van der Waals surface area (Å²) in [6, 6.07) is 10.6. The Hall–Kier alpha value is -1.75. The molecule has 0 aliphatic carbocycles. The molecule has 142 valence electrons. The summed E-state index contributed by atoms with van der Waals surface area (Å²) in [5, 5.41) is 4.46. The fraction of sp³-hybridized carbons (Fsp3) is 0.300. The molecule has 1 amide bonds. The third-order valence-electron chi connectivity index (χ3n) is 4.43. The highest BCUT2D eigenvalue weighted by atomic mass is 35.5. The lowest BCUT2D eigenvalue weighted by Crippen LogP contribution is -2.32. The molecule has 0 unspecified atom stereocenters. The van der Waals surface area contributed by atoms with Crippen LogP contribution in [0, 0.1) is 0 Å². The Bertz CT molecular complexity index is 984. The number of nitrogens with zero attached hydrogens (tertiary/aromatic N) is 2. The third-order valence-corrected chi connectivity index (χ3v) is 5.52. The summed E-state index contributed by atoms with van der Waals surface area (Å²) in [4.78, 5) is 17.3. The van der Waals surface area contributed by atoms with Crippen LogP contribution in [0.25, 0.3) is 11.0 Å². The molecule has 3 rings (SSSR count). The van der Waals surface area contributed by atoms with Crippen LogP contribution in [0.15, 0.2) is 36.4 Å². The Kier molecular flexibility index (Phi) is 6.30. The van der Waals surface area contributed by atoms with Crippen molar-refractivity contribution < 1.29 is 4.79 Å². The van der Waals surface area contributed by atoms with Gasteiger partial charge in [0.1, 0.15) is 11.9 Å². The molecule has 0 saturated carbocycles. The van der Waals surface area contributed by atoms with Crippen LogP contribution in [0.2, 0.25) is 15.1 Å². The summed E-state index contributed by atoms with van der Waals surface area (Å²) >= 11 is 18.7. The van der Waals surface area contributed by atoms with Crippen molar-refractivity contribution in [2.24, 2.45) is 0 Å². The number of benzene rings is 2. The van der Waals surface area contributed by atoms with Gasteiger partial charge in [0.25, 0.3) is 0 Å². The molecule has 0 bridgehead atoms. The molecule has 1 atom stereocenters. The smallest absolute Gasteiger partial charge is 0.242 e. The van der Waals surface area contributed by atoms with Gasteiger partial charge in [0.2, 0.25) is 5.91 Å². The van der Waals surface area contributed by atoms with E-state index in [1.54, 1.807) is 12.1 Å². The molecule has 1 N–H and O–H groups in total. The first-order valence-corrected chi connectivity index (χ1v) is 9.92. The lowest BCUT2D eigenvalue weighted by molar-refractivity contribution is -0.123. The van der Waals surface area contributed by atoms with E-state index >= 15 is 0 Å². The predicted molar refractivity (Wildman–Crippen MR) is 112 cm³/mol. The molecule has 3 aromatic rings. The van der Waals surface area contributed by atoms with Gasteiger partial charge < -0.3 is 9.88 Å². The summed E-state index contributed by atoms with van der Waals surface area (Å²) in [5.74, 6) is 0.665. The van der Waals surface area contributed by atoms with Crippen LogP contribution in [0.1, 0.15) is 37.7 Å². The van der Waals surface area contributed by atoms with E-state index in [1.807, 2.05) is 42.7 Å². The molecule has 0 spiro atoms. The van der Waals surface area contributed by atoms with Crippen molar-refractivity contribution in [3.8, 4) is 0 Å². The topological polar surface area (TPSA) is 46.9 Å². The van der Waals surface area contributed by atoms with Crippen LogP contribution in [0.5, 0.6) is 0 Å². The van der Waals surface area contributed by atoms with Crippen LogP contribution in [-0.4, -0.2) is 22.0 Å². The third kappa shape index (κ3) is 4.23. The van der Waals surface area contributed by atoms with Crippen molar-refractivity contribution in [3.63, 3.8) is 0 Å². The number of carbonyl (C=O) groups is 1. The Balaban J connectivity index is 2.11. The Morgan fingerprint density at radius 1 is 1.15 bits per heavy atom. The number of aromatic nitrogens is 2. The second kappa shape index (κ2) is 8.51. The molecule has 27 heavy (non-hydrogen) atoms. The largest absolute Gasteiger partial charge is 0.354 e. The van der Waals surface area contributed by atoms with Gasteiger partial charge in [-0.05, 0) is 37.1 Å². The van der Waals surface area contributed by atoms with E-state index in [0.717, 1.165) is 23.3 Å². The van der Waals surface area contributed by atoms with Crippen molar-refractivity contribution in [1.29, 1.82) is 0 Å². The first-order chi connectivity index (χ1) is 12.9. The lowest BCUT2D eigenvalue weighted by atomic mass is 10.1. The lowest BCUT2D eigenvalue weighted by Gasteiger charge is -2.18. The van der Waals surface area contributed by atoms with Crippen molar-refractivity contribution in [2.45, 2.75) is 32.7 Å². The molecule has 0 radical (unpaired) electrons. The number of carbonyl (C=O) groups excluding carboxylic acids is 1. The minimum Gasteiger partial charge on any atom is -0.354 e. The van der Waals surface area contributed by atoms with E-state index in [0.29, 0.717) is 33.6 Å². The van der Waals surface area contributed by atoms with Crippen LogP contribution < -0.4 is 5.32 Å². The van der Waals surface area contributed by atoms with Gasteiger partial charge in [0.05, 0.1) is 21.1 Å². The number of imidazole rings is 1. The monoisotopic (exact) mass is 423 g/mol. The Morgan fingerprint density at radius 2 is 1.85 bits per heavy atom. The highest BCUT2D eigenvalue weighted by Crippen LogP contribution is 2.31. The molecule has 2 aromatic carbocycles. The van der Waals surface area contributed by atoms with Crippen LogP contribution in [-0.2, 0) is 11.2 Å². The number of halogens is 3. The highest BCUT2D eigenvalue weighted by Gasteiger charge is 2.22. The summed E-state index contributed by atoms with van der Waals surface area (Å²) in [5.41, 5.74) is 2.40. The van der Waals surface area contributed by atoms with Crippen molar-refractivity contribution in [2.75, 3.05) is 6.54 Å². The maximum Gasteiger partial charge on any atom is 0.242 e. The zero-order chi connectivity index (χ0) is 19.6. The molecule has 1 aromatic heterocycles. The van der Waals surface area contributed by atoms with E-state index in [2.05, 4.69) is 5.32 Å². The maximum atomic E-state index is 12.6. The van der Waals surface area contributed by atoms with Gasteiger partial charge in [-0.3, -0.25) is 4.79 Å². The normalized spacial score (nSPS) is 12.3. The van der Waals surface area contributed by atoms with Crippen LogP contribution >= 0.6 is 34.8 Å². The van der Waals surface area contributed by atoms with Crippen LogP contribution in [0.4, 0.5) is 0 Å². The number of hydrogen-bond acceptors (Lipinski definition) is 2. The van der Waals surface area contributed by atoms with Gasteiger partial charge in [0, 0.05) is 18.0 Å². The molecule has 0 fully saturated rings. The number of hydrogen-bond donors (Lipinski definition) is 1. The molecule has 7 heteroatoms. The predicted octanol–water partition coefficient (Wildman–Crippen LogP) is 5.67. The average molecular weight is 425 g/mol. The quantitative estimate of drug-likeness (QED) is 0.554. The SMILES string of the molecule is CCCNC(=O)[C@H](C)n1c(Cc2ccccc2Cl)nc2cc(Cl)c(Cl)cc21. The molecule has 0 aliphatic rings. The van der Waals surface area contributed by atoms with Crippen molar-refractivity contribution in [1.82, 2.24) is 14.9 Å². The van der Waals surface area contributed by atoms with Crippen molar-refractivity contribution in [3.05, 3.63) is 62.9 Å². The van der Waals surface area contributed by atoms with E-state index in [-0.39, 0.29) is 5.91 Å². The highest BCUT2D eigenvalue weighted by molar-refractivity contribution is 6.42. The minimum atomic E-state index is -0.448. The van der Waals surface area contributed by atoms with E-state index in [9.17, 15) is 4.79 Å². The maximum absolute atomic E-state index is 12.6. The summed E-state index contributed by atoms with van der Waals surface area (Å²) in [7, 11) is 0. The fourth-order valence-corrected chi connectivity index (χ4v) is 3.54. The summed E-state index contributed by atoms with van der Waals surface area (Å²) in [6.45, 7) is 4.50. The molecule has 0 aliphatic heterocycles. The number of fused-ring (bicyclic) bond motifs is 1. The molecule has 0 saturated heterocycles. The van der Waals surface area contributed by atoms with Gasteiger partial charge in [-0.1, -0.05) is 59.9 Å². The van der Waals surface area contributed by atoms with Crippen molar-refractivity contribution >= 4 is 51.7 Å². The second-order valence-electron chi connectivity index (χ2n) is 6.39. The number of rotatable bonds is 6. The van der Waals surface area contributed by atoms with E-state index in [4.69, 9.17) is 39.8 Å². The number of amides is 1. The van der Waals surface area contributed by atoms with Gasteiger partial charge >= 0.3 is 0 Å². The molecular weight excluding hydrogens is 405 g/mol. The minimum absolute atomic E-state index is 0.0670. The Labute approximate surface area is 173 Å². The first-order valence-electron chi connectivity index (χ1n) is 8.79. The van der Waals surface area contributed by atoms with E-state index in [1.165, 1.54) is 0 Å². The summed E-state index contributed by atoms with van der Waals surface area (Å²) < 4.78 is 1.91. The Morgan fingerprint density at radius 3 is 2.56 bits per heavy atom. The molecular formula is C20H20Cl3N3O. The fourth-order valence-electron chi connectivity index (χ4n) is 3.02. The van der Waals surface area contributed by atoms with Gasteiger partial charge in [-0.25, -0.2) is 4.98 Å². The zero-order valence-corrected chi connectivity index (χ0v) is 17.4. The summed E-state index contributed by atoms with van der Waals surface area (Å²) in [6.07, 6.45) is 1.37. The van der Waals surface area contributed by atoms with Gasteiger partial charge in [-0.15, -0.1) is 0 Å². The van der Waals surface area contributed by atoms with E-state index < -0.39 is 6.04 Å². The van der Waals surface area contributed by atoms with Gasteiger partial charge in [0.15, 0.2) is 0 Å². The molecule has 1 heterocycles. The first kappa shape index (κ1) is 20.0.